The van der Waals surface area contributed by atoms with Gasteiger partial charge in [-0.2, -0.15) is 0 Å². The van der Waals surface area contributed by atoms with E-state index in [1.54, 1.807) is 14.2 Å². The lowest BCUT2D eigenvalue weighted by atomic mass is 10.0. The third kappa shape index (κ3) is 5.10. The molecule has 1 fully saturated rings. The number of benzene rings is 2. The molecule has 2 aromatic rings. The molecule has 1 amide bonds. The summed E-state index contributed by atoms with van der Waals surface area (Å²) in [6, 6.07) is 12.1. The van der Waals surface area contributed by atoms with Gasteiger partial charge < -0.3 is 15.4 Å². The fourth-order valence-electron chi connectivity index (χ4n) is 4.05. The lowest BCUT2D eigenvalue weighted by Crippen LogP contribution is -2.41. The zero-order valence-corrected chi connectivity index (χ0v) is 18.3. The number of likely N-dealkylation sites (tertiary alicyclic amines) is 1. The van der Waals surface area contributed by atoms with Crippen molar-refractivity contribution in [3.05, 3.63) is 63.7 Å². The average molecular weight is 416 g/mol. The van der Waals surface area contributed by atoms with Gasteiger partial charge in [-0.25, -0.2) is 0 Å². The number of hydrogen-bond donors (Lipinski definition) is 2. The summed E-state index contributed by atoms with van der Waals surface area (Å²) < 4.78 is 5.41. The zero-order chi connectivity index (χ0) is 21.0. The van der Waals surface area contributed by atoms with Crippen LogP contribution in [0.1, 0.15) is 28.7 Å². The number of nitrogens with zero attached hydrogens (tertiary/aromatic N) is 1. The Morgan fingerprint density at radius 1 is 1.24 bits per heavy atom. The third-order valence-corrected chi connectivity index (χ3v) is 6.11. The predicted molar refractivity (Wildman–Crippen MR) is 117 cm³/mol. The lowest BCUT2D eigenvalue weighted by Gasteiger charge is -2.23. The first-order valence-corrected chi connectivity index (χ1v) is 10.4. The molecule has 2 aromatic carbocycles. The van der Waals surface area contributed by atoms with Crippen LogP contribution in [-0.4, -0.2) is 43.6 Å². The fourth-order valence-corrected chi connectivity index (χ4v) is 4.27. The molecule has 1 saturated heterocycles. The summed E-state index contributed by atoms with van der Waals surface area (Å²) in [6.07, 6.45) is 0.786. The van der Waals surface area contributed by atoms with E-state index in [-0.39, 0.29) is 18.0 Å². The SMILES string of the molecule is CNC(=O)[C@@H]1C[C@@H](NCc2ccc(OC)c(C)c2C)CN1Cc1cccc(Cl)c1. The Morgan fingerprint density at radius 2 is 2.03 bits per heavy atom. The van der Waals surface area contributed by atoms with Gasteiger partial charge in [-0.05, 0) is 60.7 Å². The van der Waals surface area contributed by atoms with Crippen LogP contribution in [0.5, 0.6) is 5.75 Å². The molecule has 0 bridgehead atoms. The van der Waals surface area contributed by atoms with Crippen molar-refractivity contribution < 1.29 is 9.53 Å². The van der Waals surface area contributed by atoms with Crippen molar-refractivity contribution in [3.8, 4) is 5.75 Å². The molecule has 2 atom stereocenters. The van der Waals surface area contributed by atoms with Crippen LogP contribution in [-0.2, 0) is 17.9 Å². The monoisotopic (exact) mass is 415 g/mol. The molecule has 1 aliphatic rings. The number of methoxy groups -OCH3 is 1. The average Bonchev–Trinajstić information content (AvgIpc) is 3.11. The highest BCUT2D eigenvalue weighted by atomic mass is 35.5. The molecule has 0 aromatic heterocycles. The van der Waals surface area contributed by atoms with Crippen LogP contribution in [0.3, 0.4) is 0 Å². The first kappa shape index (κ1) is 21.6. The maximum atomic E-state index is 12.5. The van der Waals surface area contributed by atoms with Crippen molar-refractivity contribution in [2.45, 2.75) is 45.4 Å². The van der Waals surface area contributed by atoms with E-state index in [2.05, 4.69) is 41.5 Å². The highest BCUT2D eigenvalue weighted by Crippen LogP contribution is 2.25. The van der Waals surface area contributed by atoms with E-state index in [0.717, 1.165) is 35.8 Å². The summed E-state index contributed by atoms with van der Waals surface area (Å²) in [7, 11) is 3.40. The maximum Gasteiger partial charge on any atom is 0.237 e. The molecule has 1 heterocycles. The molecule has 156 valence electrons. The molecule has 0 aliphatic carbocycles. The molecule has 0 radical (unpaired) electrons. The van der Waals surface area contributed by atoms with Gasteiger partial charge >= 0.3 is 0 Å². The normalized spacial score (nSPS) is 19.3. The smallest absolute Gasteiger partial charge is 0.237 e. The second kappa shape index (κ2) is 9.61. The number of amides is 1. The van der Waals surface area contributed by atoms with Crippen LogP contribution >= 0.6 is 11.6 Å². The van der Waals surface area contributed by atoms with Gasteiger partial charge in [-0.3, -0.25) is 9.69 Å². The first-order valence-electron chi connectivity index (χ1n) is 9.99. The number of rotatable bonds is 7. The second-order valence-electron chi connectivity index (χ2n) is 7.68. The van der Waals surface area contributed by atoms with Crippen molar-refractivity contribution in [1.29, 1.82) is 0 Å². The van der Waals surface area contributed by atoms with E-state index >= 15 is 0 Å². The summed E-state index contributed by atoms with van der Waals surface area (Å²) in [5.41, 5.74) is 4.79. The lowest BCUT2D eigenvalue weighted by molar-refractivity contribution is -0.125. The largest absolute Gasteiger partial charge is 0.496 e. The van der Waals surface area contributed by atoms with Crippen molar-refractivity contribution in [3.63, 3.8) is 0 Å². The van der Waals surface area contributed by atoms with E-state index in [9.17, 15) is 4.79 Å². The standard InChI is InChI=1S/C23H30ClN3O2/c1-15-16(2)22(29-4)9-8-18(15)12-26-20-11-21(23(28)25-3)27(14-20)13-17-6-5-7-19(24)10-17/h5-10,20-21,26H,11-14H2,1-4H3,(H,25,28)/t20-,21+/m1/s1. The van der Waals surface area contributed by atoms with Crippen molar-refractivity contribution in [2.75, 3.05) is 20.7 Å². The van der Waals surface area contributed by atoms with Crippen LogP contribution in [0.15, 0.2) is 36.4 Å². The van der Waals surface area contributed by atoms with Crippen molar-refractivity contribution >= 4 is 17.5 Å². The molecule has 0 spiro atoms. The Bertz CT molecular complexity index is 871. The maximum absolute atomic E-state index is 12.5. The van der Waals surface area contributed by atoms with E-state index in [1.807, 2.05) is 24.3 Å². The van der Waals surface area contributed by atoms with Crippen LogP contribution < -0.4 is 15.4 Å². The number of likely N-dealkylation sites (N-methyl/N-ethyl adjacent to an activating group) is 1. The molecule has 29 heavy (non-hydrogen) atoms. The second-order valence-corrected chi connectivity index (χ2v) is 8.12. The Kier molecular flexibility index (Phi) is 7.17. The minimum absolute atomic E-state index is 0.0628. The van der Waals surface area contributed by atoms with Crippen LogP contribution in [0.4, 0.5) is 0 Å². The van der Waals surface area contributed by atoms with E-state index in [0.29, 0.717) is 6.54 Å². The molecule has 5 nitrogen and oxygen atoms in total. The molecular formula is C23H30ClN3O2. The molecule has 0 saturated carbocycles. The molecule has 3 rings (SSSR count). The van der Waals surface area contributed by atoms with Gasteiger partial charge in [0.25, 0.3) is 0 Å². The zero-order valence-electron chi connectivity index (χ0n) is 17.6. The minimum Gasteiger partial charge on any atom is -0.496 e. The fraction of sp³-hybridized carbons (Fsp3) is 0.435. The van der Waals surface area contributed by atoms with Crippen LogP contribution in [0, 0.1) is 13.8 Å². The molecule has 1 aliphatic heterocycles. The van der Waals surface area contributed by atoms with Crippen molar-refractivity contribution in [2.24, 2.45) is 0 Å². The predicted octanol–water partition coefficient (Wildman–Crippen LogP) is 3.44. The number of hydrogen-bond acceptors (Lipinski definition) is 4. The Hall–Kier alpha value is -2.08. The van der Waals surface area contributed by atoms with Crippen molar-refractivity contribution in [1.82, 2.24) is 15.5 Å². The summed E-state index contributed by atoms with van der Waals surface area (Å²) in [6.45, 7) is 6.51. The Balaban J connectivity index is 1.68. The van der Waals surface area contributed by atoms with Gasteiger partial charge in [0, 0.05) is 37.7 Å². The quantitative estimate of drug-likeness (QED) is 0.727. The third-order valence-electron chi connectivity index (χ3n) is 5.88. The number of ether oxygens (including phenoxy) is 1. The van der Waals surface area contributed by atoms with Crippen LogP contribution in [0.25, 0.3) is 0 Å². The van der Waals surface area contributed by atoms with Gasteiger partial charge in [0.15, 0.2) is 0 Å². The Morgan fingerprint density at radius 3 is 2.72 bits per heavy atom. The highest BCUT2D eigenvalue weighted by Gasteiger charge is 2.36. The number of carbonyl (C=O) groups excluding carboxylic acids is 1. The van der Waals surface area contributed by atoms with Gasteiger partial charge in [0.1, 0.15) is 5.75 Å². The number of halogens is 1. The van der Waals surface area contributed by atoms with E-state index < -0.39 is 0 Å². The molecule has 0 unspecified atom stereocenters. The number of carbonyl (C=O) groups is 1. The Labute approximate surface area is 178 Å². The summed E-state index contributed by atoms with van der Waals surface area (Å²) >= 11 is 6.13. The summed E-state index contributed by atoms with van der Waals surface area (Å²) in [4.78, 5) is 14.7. The van der Waals surface area contributed by atoms with E-state index in [4.69, 9.17) is 16.3 Å². The van der Waals surface area contributed by atoms with Gasteiger partial charge in [-0.15, -0.1) is 0 Å². The highest BCUT2D eigenvalue weighted by molar-refractivity contribution is 6.30. The van der Waals surface area contributed by atoms with E-state index in [1.165, 1.54) is 16.7 Å². The van der Waals surface area contributed by atoms with Crippen LogP contribution in [0.2, 0.25) is 5.02 Å². The van der Waals surface area contributed by atoms with Gasteiger partial charge in [-0.1, -0.05) is 29.8 Å². The first-order chi connectivity index (χ1) is 13.9. The summed E-state index contributed by atoms with van der Waals surface area (Å²) in [5.74, 6) is 0.979. The van der Waals surface area contributed by atoms with Gasteiger partial charge in [0.05, 0.1) is 13.2 Å². The summed E-state index contributed by atoms with van der Waals surface area (Å²) in [5, 5.41) is 7.18. The minimum atomic E-state index is -0.143. The molecular weight excluding hydrogens is 386 g/mol. The molecule has 2 N–H and O–H groups in total. The number of nitrogens with one attached hydrogen (secondary N) is 2. The van der Waals surface area contributed by atoms with Gasteiger partial charge in [0.2, 0.25) is 5.91 Å². The molecule has 6 heteroatoms. The topological polar surface area (TPSA) is 53.6 Å².